The van der Waals surface area contributed by atoms with Crippen molar-refractivity contribution >= 4 is 17.7 Å². The molecule has 0 aromatic heterocycles. The number of aliphatic hydroxyl groups is 1. The second kappa shape index (κ2) is 8.38. The topological polar surface area (TPSA) is 46.5 Å². The molecule has 1 unspecified atom stereocenters. The van der Waals surface area contributed by atoms with Gasteiger partial charge in [0.05, 0.1) is 13.0 Å². The summed E-state index contributed by atoms with van der Waals surface area (Å²) in [6.07, 6.45) is 1.25. The molecule has 0 fully saturated rings. The van der Waals surface area contributed by atoms with Gasteiger partial charge in [0.2, 0.25) is 0 Å². The summed E-state index contributed by atoms with van der Waals surface area (Å²) in [5, 5.41) is 8.82. The minimum Gasteiger partial charge on any atom is -0.466 e. The van der Waals surface area contributed by atoms with Gasteiger partial charge in [0.1, 0.15) is 0 Å². The molecule has 13 heavy (non-hydrogen) atoms. The van der Waals surface area contributed by atoms with E-state index in [4.69, 9.17) is 9.84 Å². The van der Waals surface area contributed by atoms with E-state index in [0.29, 0.717) is 13.0 Å². The number of rotatable bonds is 7. The molecule has 0 saturated carbocycles. The van der Waals surface area contributed by atoms with Gasteiger partial charge in [-0.2, -0.15) is 11.8 Å². The first-order valence-corrected chi connectivity index (χ1v) is 5.63. The van der Waals surface area contributed by atoms with Gasteiger partial charge < -0.3 is 9.84 Å². The van der Waals surface area contributed by atoms with E-state index in [-0.39, 0.29) is 17.8 Å². The Labute approximate surface area is 83.9 Å². The molecule has 0 heterocycles. The molecule has 0 amide bonds. The summed E-state index contributed by atoms with van der Waals surface area (Å²) in [6.45, 7) is 4.48. The Kier molecular flexibility index (Phi) is 8.24. The first-order chi connectivity index (χ1) is 6.20. The average molecular weight is 206 g/mol. The summed E-state index contributed by atoms with van der Waals surface area (Å²) in [6, 6.07) is 0. The quantitative estimate of drug-likeness (QED) is 0.506. The fourth-order valence-electron chi connectivity index (χ4n) is 0.863. The molecular formula is C9H18O3S. The lowest BCUT2D eigenvalue weighted by Crippen LogP contribution is -2.11. The first-order valence-electron chi connectivity index (χ1n) is 4.58. The van der Waals surface area contributed by atoms with Crippen LogP contribution in [0.1, 0.15) is 26.7 Å². The smallest absolute Gasteiger partial charge is 0.306 e. The van der Waals surface area contributed by atoms with Crippen LogP contribution in [0.3, 0.4) is 0 Å². The van der Waals surface area contributed by atoms with Gasteiger partial charge in [-0.25, -0.2) is 0 Å². The Hall–Kier alpha value is -0.220. The van der Waals surface area contributed by atoms with Crippen molar-refractivity contribution in [1.29, 1.82) is 0 Å². The highest BCUT2D eigenvalue weighted by molar-refractivity contribution is 7.99. The third kappa shape index (κ3) is 8.12. The van der Waals surface area contributed by atoms with Gasteiger partial charge in [-0.1, -0.05) is 6.92 Å². The third-order valence-corrected chi connectivity index (χ3v) is 2.72. The summed E-state index contributed by atoms with van der Waals surface area (Å²) in [5.74, 6) is 0.767. The summed E-state index contributed by atoms with van der Waals surface area (Å²) < 4.78 is 4.82. The highest BCUT2D eigenvalue weighted by atomic mass is 32.2. The van der Waals surface area contributed by atoms with Gasteiger partial charge in [-0.05, 0) is 19.1 Å². The van der Waals surface area contributed by atoms with E-state index in [1.54, 1.807) is 11.8 Å². The number of ether oxygens (including phenoxy) is 1. The highest BCUT2D eigenvalue weighted by Gasteiger charge is 2.09. The van der Waals surface area contributed by atoms with E-state index in [0.717, 1.165) is 12.2 Å². The molecule has 0 aliphatic heterocycles. The van der Waals surface area contributed by atoms with Crippen molar-refractivity contribution in [2.75, 3.05) is 19.0 Å². The van der Waals surface area contributed by atoms with Crippen LogP contribution in [0.2, 0.25) is 0 Å². The van der Waals surface area contributed by atoms with Crippen LogP contribution in [0.5, 0.6) is 0 Å². The zero-order chi connectivity index (χ0) is 10.1. The van der Waals surface area contributed by atoms with Crippen LogP contribution in [0, 0.1) is 0 Å². The van der Waals surface area contributed by atoms with Gasteiger partial charge in [0.25, 0.3) is 0 Å². The molecule has 0 aromatic rings. The minimum absolute atomic E-state index is 0.133. The molecular weight excluding hydrogens is 188 g/mol. The Bertz CT molecular complexity index is 139. The number of hydrogen-bond donors (Lipinski definition) is 1. The molecule has 0 aromatic carbocycles. The molecule has 1 atom stereocenters. The second-order valence-corrected chi connectivity index (χ2v) is 4.31. The standard InChI is InChI=1S/C9H18O3S/c1-3-12-9(11)7-8(2)13-6-4-5-10/h8,10H,3-7H2,1-2H3. The molecule has 0 aliphatic rings. The van der Waals surface area contributed by atoms with Crippen molar-refractivity contribution in [3.05, 3.63) is 0 Å². The Balaban J connectivity index is 3.38. The molecule has 0 aliphatic carbocycles. The zero-order valence-electron chi connectivity index (χ0n) is 8.28. The first kappa shape index (κ1) is 12.8. The monoisotopic (exact) mass is 206 g/mol. The maximum Gasteiger partial charge on any atom is 0.306 e. The van der Waals surface area contributed by atoms with Gasteiger partial charge >= 0.3 is 5.97 Å². The van der Waals surface area contributed by atoms with Crippen LogP contribution in [-0.2, 0) is 9.53 Å². The predicted molar refractivity (Wildman–Crippen MR) is 54.9 cm³/mol. The molecule has 3 nitrogen and oxygen atoms in total. The lowest BCUT2D eigenvalue weighted by molar-refractivity contribution is -0.142. The van der Waals surface area contributed by atoms with E-state index < -0.39 is 0 Å². The van der Waals surface area contributed by atoms with E-state index in [9.17, 15) is 4.79 Å². The van der Waals surface area contributed by atoms with Gasteiger partial charge in [0.15, 0.2) is 0 Å². The highest BCUT2D eigenvalue weighted by Crippen LogP contribution is 2.15. The summed E-state index contributed by atoms with van der Waals surface area (Å²) >= 11 is 1.69. The largest absolute Gasteiger partial charge is 0.466 e. The molecule has 4 heteroatoms. The van der Waals surface area contributed by atoms with Crippen LogP contribution < -0.4 is 0 Å². The summed E-state index contributed by atoms with van der Waals surface area (Å²) in [7, 11) is 0. The van der Waals surface area contributed by atoms with Crippen LogP contribution in [0.15, 0.2) is 0 Å². The third-order valence-electron chi connectivity index (χ3n) is 1.46. The van der Waals surface area contributed by atoms with Crippen LogP contribution in [-0.4, -0.2) is 35.3 Å². The fourth-order valence-corrected chi connectivity index (χ4v) is 1.81. The maximum atomic E-state index is 11.0. The molecule has 1 N–H and O–H groups in total. The van der Waals surface area contributed by atoms with E-state index in [1.165, 1.54) is 0 Å². The predicted octanol–water partition coefficient (Wildman–Crippen LogP) is 1.44. The van der Waals surface area contributed by atoms with Crippen LogP contribution >= 0.6 is 11.8 Å². The normalized spacial score (nSPS) is 12.5. The molecule has 0 rings (SSSR count). The zero-order valence-corrected chi connectivity index (χ0v) is 9.10. The van der Waals surface area contributed by atoms with E-state index in [2.05, 4.69) is 0 Å². The molecule has 78 valence electrons. The lowest BCUT2D eigenvalue weighted by Gasteiger charge is -2.09. The number of hydrogen-bond acceptors (Lipinski definition) is 4. The van der Waals surface area contributed by atoms with Gasteiger partial charge in [-0.3, -0.25) is 4.79 Å². The number of aliphatic hydroxyl groups excluding tert-OH is 1. The second-order valence-electron chi connectivity index (χ2n) is 2.77. The van der Waals surface area contributed by atoms with Gasteiger partial charge in [-0.15, -0.1) is 0 Å². The Morgan fingerprint density at radius 2 is 2.31 bits per heavy atom. The minimum atomic E-state index is -0.133. The average Bonchev–Trinajstić information content (AvgIpc) is 2.05. The van der Waals surface area contributed by atoms with Crippen molar-refractivity contribution in [3.8, 4) is 0 Å². The molecule has 0 spiro atoms. The van der Waals surface area contributed by atoms with Crippen molar-refractivity contribution in [2.45, 2.75) is 31.9 Å². The maximum absolute atomic E-state index is 11.0. The Morgan fingerprint density at radius 1 is 1.62 bits per heavy atom. The van der Waals surface area contributed by atoms with E-state index in [1.807, 2.05) is 13.8 Å². The van der Waals surface area contributed by atoms with Crippen molar-refractivity contribution < 1.29 is 14.6 Å². The number of esters is 1. The van der Waals surface area contributed by atoms with Crippen LogP contribution in [0.4, 0.5) is 0 Å². The van der Waals surface area contributed by atoms with Crippen molar-refractivity contribution in [1.82, 2.24) is 0 Å². The van der Waals surface area contributed by atoms with E-state index >= 15 is 0 Å². The fraction of sp³-hybridized carbons (Fsp3) is 0.889. The van der Waals surface area contributed by atoms with Crippen molar-refractivity contribution in [2.24, 2.45) is 0 Å². The molecule has 0 saturated heterocycles. The summed E-state index contributed by atoms with van der Waals surface area (Å²) in [5.41, 5.74) is 0. The van der Waals surface area contributed by atoms with Crippen molar-refractivity contribution in [3.63, 3.8) is 0 Å². The lowest BCUT2D eigenvalue weighted by atomic mass is 10.3. The number of carbonyl (C=O) groups excluding carboxylic acids is 1. The van der Waals surface area contributed by atoms with Crippen LogP contribution in [0.25, 0.3) is 0 Å². The molecule has 0 bridgehead atoms. The van der Waals surface area contributed by atoms with Gasteiger partial charge in [0, 0.05) is 11.9 Å². The number of carbonyl (C=O) groups is 1. The SMILES string of the molecule is CCOC(=O)CC(C)SCCCO. The Morgan fingerprint density at radius 3 is 2.85 bits per heavy atom. The number of thioether (sulfide) groups is 1. The summed E-state index contributed by atoms with van der Waals surface area (Å²) in [4.78, 5) is 11.0. The molecule has 0 radical (unpaired) electrons.